The second-order valence-corrected chi connectivity index (χ2v) is 10.0. The maximum atomic E-state index is 12.6. The Morgan fingerprint density at radius 2 is 1.24 bits per heavy atom. The molecule has 1 aliphatic rings. The molecule has 38 heavy (non-hydrogen) atoms. The summed E-state index contributed by atoms with van der Waals surface area (Å²) >= 11 is 3.63. The van der Waals surface area contributed by atoms with Crippen molar-refractivity contribution in [2.24, 2.45) is 0 Å². The maximum absolute atomic E-state index is 12.6. The lowest BCUT2D eigenvalue weighted by atomic mass is 9.67. The largest absolute Gasteiger partial charge is 0.507 e. The van der Waals surface area contributed by atoms with Crippen LogP contribution < -0.4 is 0 Å². The molecule has 0 atom stereocenters. The van der Waals surface area contributed by atoms with E-state index in [1.807, 2.05) is 18.2 Å². The van der Waals surface area contributed by atoms with Crippen molar-refractivity contribution < 1.29 is 29.3 Å². The third-order valence-corrected chi connectivity index (χ3v) is 7.74. The van der Waals surface area contributed by atoms with Crippen LogP contribution in [0, 0.1) is 0 Å². The quantitative estimate of drug-likeness (QED) is 0.238. The monoisotopic (exact) mass is 572 g/mol. The molecule has 1 aliphatic carbocycles. The zero-order valence-electron chi connectivity index (χ0n) is 21.0. The van der Waals surface area contributed by atoms with Crippen molar-refractivity contribution in [3.05, 3.63) is 116 Å². The molecule has 0 radical (unpaired) electrons. The van der Waals surface area contributed by atoms with Crippen LogP contribution in [-0.2, 0) is 21.3 Å². The molecule has 0 saturated heterocycles. The van der Waals surface area contributed by atoms with Crippen molar-refractivity contribution >= 4 is 27.9 Å². The van der Waals surface area contributed by atoms with Crippen LogP contribution in [0.3, 0.4) is 0 Å². The van der Waals surface area contributed by atoms with Crippen molar-refractivity contribution in [2.75, 3.05) is 14.2 Å². The Hall–Kier alpha value is -4.10. The molecule has 4 aromatic rings. The summed E-state index contributed by atoms with van der Waals surface area (Å²) in [5, 5.41) is 21.1. The van der Waals surface area contributed by atoms with Gasteiger partial charge in [-0.2, -0.15) is 0 Å². The number of phenols is 2. The van der Waals surface area contributed by atoms with Gasteiger partial charge in [0.15, 0.2) is 0 Å². The van der Waals surface area contributed by atoms with Gasteiger partial charge in [0.05, 0.1) is 19.6 Å². The van der Waals surface area contributed by atoms with Crippen molar-refractivity contribution in [1.29, 1.82) is 0 Å². The molecule has 5 rings (SSSR count). The summed E-state index contributed by atoms with van der Waals surface area (Å²) < 4.78 is 10.7. The van der Waals surface area contributed by atoms with E-state index in [9.17, 15) is 19.8 Å². The lowest BCUT2D eigenvalue weighted by Crippen LogP contribution is -2.29. The molecular weight excluding hydrogens is 548 g/mol. The number of aromatic hydroxyl groups is 2. The first-order valence-electron chi connectivity index (χ1n) is 12.0. The molecule has 7 heteroatoms. The van der Waals surface area contributed by atoms with E-state index < -0.39 is 17.4 Å². The Morgan fingerprint density at radius 1 is 0.737 bits per heavy atom. The van der Waals surface area contributed by atoms with Gasteiger partial charge < -0.3 is 19.7 Å². The molecule has 0 amide bonds. The summed E-state index contributed by atoms with van der Waals surface area (Å²) in [5.74, 6) is -1.75. The predicted molar refractivity (Wildman–Crippen MR) is 147 cm³/mol. The Kier molecular flexibility index (Phi) is 6.49. The predicted octanol–water partition coefficient (Wildman–Crippen LogP) is 6.36. The molecule has 192 valence electrons. The van der Waals surface area contributed by atoms with Crippen LogP contribution in [0.15, 0.2) is 77.3 Å². The number of phenolic OH excluding ortho intramolecular Hbond substituents is 2. The van der Waals surface area contributed by atoms with E-state index >= 15 is 0 Å². The number of esters is 2. The third-order valence-electron chi connectivity index (χ3n) is 7.24. The van der Waals surface area contributed by atoms with Gasteiger partial charge >= 0.3 is 11.9 Å². The summed E-state index contributed by atoms with van der Waals surface area (Å²) in [6.45, 7) is 2.08. The summed E-state index contributed by atoms with van der Waals surface area (Å²) in [6, 6.07) is 22.1. The molecule has 0 bridgehead atoms. The van der Waals surface area contributed by atoms with E-state index in [0.717, 1.165) is 38.7 Å². The van der Waals surface area contributed by atoms with E-state index in [-0.39, 0.29) is 22.6 Å². The fourth-order valence-corrected chi connectivity index (χ4v) is 5.80. The first-order valence-corrected chi connectivity index (χ1v) is 12.8. The van der Waals surface area contributed by atoms with Crippen LogP contribution in [0.5, 0.6) is 11.5 Å². The summed E-state index contributed by atoms with van der Waals surface area (Å²) in [5.41, 5.74) is 5.38. The lowest BCUT2D eigenvalue weighted by molar-refractivity contribution is 0.0588. The summed E-state index contributed by atoms with van der Waals surface area (Å²) in [7, 11) is 2.52. The topological polar surface area (TPSA) is 93.1 Å². The Morgan fingerprint density at radius 3 is 1.74 bits per heavy atom. The van der Waals surface area contributed by atoms with Crippen LogP contribution in [0.1, 0.15) is 55.5 Å². The van der Waals surface area contributed by atoms with Crippen LogP contribution in [0.2, 0.25) is 0 Å². The molecule has 0 saturated carbocycles. The van der Waals surface area contributed by atoms with E-state index in [2.05, 4.69) is 41.1 Å². The highest BCUT2D eigenvalue weighted by molar-refractivity contribution is 9.10. The minimum atomic E-state index is -1.01. The molecule has 0 heterocycles. The molecule has 0 unspecified atom stereocenters. The van der Waals surface area contributed by atoms with Crippen molar-refractivity contribution in [3.8, 4) is 22.6 Å². The maximum Gasteiger partial charge on any atom is 0.341 e. The van der Waals surface area contributed by atoms with E-state index in [0.29, 0.717) is 11.1 Å². The number of hydrogen-bond acceptors (Lipinski definition) is 6. The normalized spacial score (nSPS) is 12.9. The van der Waals surface area contributed by atoms with Gasteiger partial charge in [0.2, 0.25) is 0 Å². The highest BCUT2D eigenvalue weighted by atomic mass is 79.9. The fourth-order valence-electron chi connectivity index (χ4n) is 5.44. The van der Waals surface area contributed by atoms with Crippen LogP contribution in [0.25, 0.3) is 11.1 Å². The second kappa shape index (κ2) is 9.65. The number of carbonyl (C=O) groups is 2. The van der Waals surface area contributed by atoms with Gasteiger partial charge in [0.1, 0.15) is 22.6 Å². The molecule has 0 fully saturated rings. The molecule has 6 nitrogen and oxygen atoms in total. The molecule has 0 spiro atoms. The van der Waals surface area contributed by atoms with Crippen LogP contribution >= 0.6 is 15.9 Å². The lowest BCUT2D eigenvalue weighted by Gasteiger charge is -2.34. The van der Waals surface area contributed by atoms with Crippen molar-refractivity contribution in [2.45, 2.75) is 18.8 Å². The molecule has 0 aromatic heterocycles. The fraction of sp³-hybridized carbons (Fsp3) is 0.161. The van der Waals surface area contributed by atoms with Gasteiger partial charge in [-0.1, -0.05) is 59.3 Å². The number of rotatable bonds is 5. The Balaban J connectivity index is 1.98. The van der Waals surface area contributed by atoms with Crippen molar-refractivity contribution in [1.82, 2.24) is 0 Å². The van der Waals surface area contributed by atoms with Gasteiger partial charge in [-0.05, 0) is 81.8 Å². The number of aryl methyl sites for hydroxylation is 1. The Bertz CT molecular complexity index is 1540. The van der Waals surface area contributed by atoms with E-state index in [1.165, 1.54) is 26.4 Å². The first kappa shape index (κ1) is 25.5. The highest BCUT2D eigenvalue weighted by Crippen LogP contribution is 2.57. The van der Waals surface area contributed by atoms with Gasteiger partial charge in [-0.3, -0.25) is 0 Å². The average Bonchev–Trinajstić information content (AvgIpc) is 3.22. The summed E-state index contributed by atoms with van der Waals surface area (Å²) in [4.78, 5) is 25.3. The highest BCUT2D eigenvalue weighted by Gasteiger charge is 2.47. The second-order valence-electron chi connectivity index (χ2n) is 9.12. The van der Waals surface area contributed by atoms with E-state index in [1.54, 1.807) is 24.3 Å². The van der Waals surface area contributed by atoms with Gasteiger partial charge in [0, 0.05) is 4.47 Å². The number of benzene rings is 4. The minimum Gasteiger partial charge on any atom is -0.507 e. The number of halogens is 1. The van der Waals surface area contributed by atoms with Crippen LogP contribution in [0.4, 0.5) is 0 Å². The number of ether oxygens (including phenoxy) is 2. The SMILES string of the molecule is CCc1ccc2c(c1)C(c1ccc(O)c(C(=O)OC)c1)(c1ccc(O)c(C(=O)OC)c1)c1cc(Br)ccc1-2. The molecule has 2 N–H and O–H groups in total. The zero-order valence-corrected chi connectivity index (χ0v) is 22.6. The molecule has 4 aromatic carbocycles. The zero-order chi connectivity index (χ0) is 27.2. The van der Waals surface area contributed by atoms with Gasteiger partial charge in [0.25, 0.3) is 0 Å². The number of hydrogen-bond donors (Lipinski definition) is 2. The van der Waals surface area contributed by atoms with E-state index in [4.69, 9.17) is 9.47 Å². The summed E-state index contributed by atoms with van der Waals surface area (Å²) in [6.07, 6.45) is 0.801. The van der Waals surface area contributed by atoms with Gasteiger partial charge in [-0.15, -0.1) is 0 Å². The van der Waals surface area contributed by atoms with Crippen LogP contribution in [-0.4, -0.2) is 36.4 Å². The Labute approximate surface area is 228 Å². The standard InChI is InChI=1S/C31H25BrO6/c1-4-17-5-9-21-22-10-8-20(32)16-26(22)31(25(21)13-17,18-6-11-27(33)23(14-18)29(35)37-2)19-7-12-28(34)24(15-19)30(36)38-3/h5-16,33-34H,4H2,1-3H3. The number of methoxy groups -OCH3 is 2. The first-order chi connectivity index (χ1) is 18.3. The minimum absolute atomic E-state index is 0.0213. The molecule has 0 aliphatic heterocycles. The van der Waals surface area contributed by atoms with Gasteiger partial charge in [-0.25, -0.2) is 9.59 Å². The average molecular weight is 573 g/mol. The number of carbonyl (C=O) groups excluding carboxylic acids is 2. The number of fused-ring (bicyclic) bond motifs is 3. The smallest absolute Gasteiger partial charge is 0.341 e. The third kappa shape index (κ3) is 3.77. The molecular formula is C31H25BrO6. The van der Waals surface area contributed by atoms with Crippen molar-refractivity contribution in [3.63, 3.8) is 0 Å².